The fraction of sp³-hybridized carbons (Fsp3) is 0.321. The SMILES string of the molecule is CCCC(NC(=O)c1cccn(Cc2ccccc2)c1=O)C(=O)Nc1cccc(N2CCCC2)c1. The standard InChI is InChI=1S/C28H32N4O3/c1-2-10-25(27(34)29-22-13-8-14-23(19-22)31-16-6-7-17-31)30-26(33)24-15-9-18-32(28(24)35)20-21-11-4-3-5-12-21/h3-5,8-9,11-15,18-19,25H,2,6-7,10,16-17,20H2,1H3,(H,29,34)(H,30,33). The molecule has 3 aromatic rings. The Bertz CT molecular complexity index is 1220. The predicted octanol–water partition coefficient (Wildman–Crippen LogP) is 4.03. The highest BCUT2D eigenvalue weighted by Crippen LogP contribution is 2.23. The van der Waals surface area contributed by atoms with Crippen LogP contribution in [0, 0.1) is 0 Å². The number of pyridine rings is 1. The van der Waals surface area contributed by atoms with E-state index in [1.54, 1.807) is 12.3 Å². The van der Waals surface area contributed by atoms with Crippen molar-refractivity contribution < 1.29 is 9.59 Å². The van der Waals surface area contributed by atoms with Gasteiger partial charge in [-0.3, -0.25) is 14.4 Å². The summed E-state index contributed by atoms with van der Waals surface area (Å²) in [5.41, 5.74) is 2.38. The summed E-state index contributed by atoms with van der Waals surface area (Å²) in [6.07, 6.45) is 5.19. The van der Waals surface area contributed by atoms with Crippen LogP contribution in [0.15, 0.2) is 77.7 Å². The molecular formula is C28H32N4O3. The van der Waals surface area contributed by atoms with E-state index in [0.29, 0.717) is 25.1 Å². The average Bonchev–Trinajstić information content (AvgIpc) is 3.41. The number of aromatic nitrogens is 1. The van der Waals surface area contributed by atoms with Crippen LogP contribution >= 0.6 is 0 Å². The van der Waals surface area contributed by atoms with Gasteiger partial charge in [0.2, 0.25) is 5.91 Å². The Morgan fingerprint density at radius 1 is 0.971 bits per heavy atom. The van der Waals surface area contributed by atoms with Crippen molar-refractivity contribution in [3.63, 3.8) is 0 Å². The monoisotopic (exact) mass is 472 g/mol. The van der Waals surface area contributed by atoms with E-state index < -0.39 is 11.9 Å². The molecule has 7 heteroatoms. The first kappa shape index (κ1) is 24.3. The van der Waals surface area contributed by atoms with Crippen LogP contribution in [0.2, 0.25) is 0 Å². The third-order valence-electron chi connectivity index (χ3n) is 6.24. The zero-order chi connectivity index (χ0) is 24.6. The Morgan fingerprint density at radius 2 is 1.74 bits per heavy atom. The van der Waals surface area contributed by atoms with E-state index in [2.05, 4.69) is 15.5 Å². The van der Waals surface area contributed by atoms with Crippen LogP contribution in [0.25, 0.3) is 0 Å². The number of anilines is 2. The number of carbonyl (C=O) groups is 2. The molecule has 2 amide bonds. The summed E-state index contributed by atoms with van der Waals surface area (Å²) < 4.78 is 1.50. The molecule has 1 aromatic heterocycles. The molecular weight excluding hydrogens is 440 g/mol. The van der Waals surface area contributed by atoms with Crippen LogP contribution in [-0.2, 0) is 11.3 Å². The van der Waals surface area contributed by atoms with Crippen molar-refractivity contribution in [3.8, 4) is 0 Å². The van der Waals surface area contributed by atoms with Gasteiger partial charge in [0.05, 0.1) is 6.54 Å². The first-order valence-electron chi connectivity index (χ1n) is 12.3. The quantitative estimate of drug-likeness (QED) is 0.493. The third-order valence-corrected chi connectivity index (χ3v) is 6.24. The highest BCUT2D eigenvalue weighted by molar-refractivity contribution is 6.01. The topological polar surface area (TPSA) is 83.4 Å². The Morgan fingerprint density at radius 3 is 2.49 bits per heavy atom. The Balaban J connectivity index is 1.46. The number of hydrogen-bond acceptors (Lipinski definition) is 4. The van der Waals surface area contributed by atoms with E-state index >= 15 is 0 Å². The lowest BCUT2D eigenvalue weighted by Crippen LogP contribution is -2.45. The zero-order valence-corrected chi connectivity index (χ0v) is 20.1. The first-order valence-corrected chi connectivity index (χ1v) is 12.3. The molecule has 0 aliphatic carbocycles. The van der Waals surface area contributed by atoms with E-state index in [1.807, 2.05) is 61.5 Å². The molecule has 35 heavy (non-hydrogen) atoms. The summed E-state index contributed by atoms with van der Waals surface area (Å²) >= 11 is 0. The molecule has 1 fully saturated rings. The molecule has 2 aromatic carbocycles. The van der Waals surface area contributed by atoms with Crippen molar-refractivity contribution in [2.24, 2.45) is 0 Å². The smallest absolute Gasteiger partial charge is 0.263 e. The number of nitrogens with one attached hydrogen (secondary N) is 2. The maximum Gasteiger partial charge on any atom is 0.263 e. The van der Waals surface area contributed by atoms with Crippen LogP contribution in [0.4, 0.5) is 11.4 Å². The number of hydrogen-bond donors (Lipinski definition) is 2. The molecule has 2 N–H and O–H groups in total. The van der Waals surface area contributed by atoms with E-state index in [1.165, 1.54) is 23.5 Å². The number of carbonyl (C=O) groups excluding carboxylic acids is 2. The van der Waals surface area contributed by atoms with Gasteiger partial charge in [-0.15, -0.1) is 0 Å². The lowest BCUT2D eigenvalue weighted by molar-refractivity contribution is -0.118. The zero-order valence-electron chi connectivity index (χ0n) is 20.1. The minimum atomic E-state index is -0.745. The van der Waals surface area contributed by atoms with Crippen LogP contribution in [0.5, 0.6) is 0 Å². The highest BCUT2D eigenvalue weighted by atomic mass is 16.2. The van der Waals surface area contributed by atoms with Crippen molar-refractivity contribution in [3.05, 3.63) is 94.4 Å². The molecule has 0 spiro atoms. The first-order chi connectivity index (χ1) is 17.0. The van der Waals surface area contributed by atoms with Gasteiger partial charge in [-0.05, 0) is 55.2 Å². The van der Waals surface area contributed by atoms with Gasteiger partial charge in [0.25, 0.3) is 11.5 Å². The fourth-order valence-corrected chi connectivity index (χ4v) is 4.39. The average molecular weight is 473 g/mol. The predicted molar refractivity (Wildman–Crippen MR) is 139 cm³/mol. The van der Waals surface area contributed by atoms with Gasteiger partial charge in [0, 0.05) is 30.7 Å². The second-order valence-corrected chi connectivity index (χ2v) is 8.89. The summed E-state index contributed by atoms with van der Waals surface area (Å²) in [5, 5.41) is 5.72. The third kappa shape index (κ3) is 6.18. The molecule has 0 saturated carbocycles. The number of nitrogens with zero attached hydrogens (tertiary/aromatic N) is 2. The largest absolute Gasteiger partial charge is 0.371 e. The van der Waals surface area contributed by atoms with Gasteiger partial charge >= 0.3 is 0 Å². The summed E-state index contributed by atoms with van der Waals surface area (Å²) in [6, 6.07) is 19.8. The second-order valence-electron chi connectivity index (χ2n) is 8.89. The highest BCUT2D eigenvalue weighted by Gasteiger charge is 2.23. The molecule has 1 aliphatic rings. The Hall–Kier alpha value is -3.87. The second kappa shape index (κ2) is 11.5. The fourth-order valence-electron chi connectivity index (χ4n) is 4.39. The summed E-state index contributed by atoms with van der Waals surface area (Å²) in [4.78, 5) is 41.4. The summed E-state index contributed by atoms with van der Waals surface area (Å²) in [7, 11) is 0. The minimum Gasteiger partial charge on any atom is -0.371 e. The normalized spacial score (nSPS) is 13.9. The van der Waals surface area contributed by atoms with Crippen molar-refractivity contribution in [1.82, 2.24) is 9.88 Å². The van der Waals surface area contributed by atoms with Crippen LogP contribution in [-0.4, -0.2) is 35.5 Å². The van der Waals surface area contributed by atoms with Crippen molar-refractivity contribution in [2.75, 3.05) is 23.3 Å². The molecule has 1 atom stereocenters. The molecule has 7 nitrogen and oxygen atoms in total. The van der Waals surface area contributed by atoms with Crippen LogP contribution in [0.3, 0.4) is 0 Å². The molecule has 1 saturated heterocycles. The lowest BCUT2D eigenvalue weighted by atomic mass is 10.1. The van der Waals surface area contributed by atoms with Crippen LogP contribution < -0.4 is 21.1 Å². The van der Waals surface area contributed by atoms with Crippen molar-refractivity contribution in [1.29, 1.82) is 0 Å². The number of amides is 2. The molecule has 182 valence electrons. The lowest BCUT2D eigenvalue weighted by Gasteiger charge is -2.20. The van der Waals surface area contributed by atoms with E-state index in [-0.39, 0.29) is 17.0 Å². The molecule has 2 heterocycles. The summed E-state index contributed by atoms with van der Waals surface area (Å²) in [6.45, 7) is 4.36. The van der Waals surface area contributed by atoms with Crippen molar-refractivity contribution in [2.45, 2.75) is 45.2 Å². The molecule has 1 aliphatic heterocycles. The Labute approximate surface area is 205 Å². The number of benzene rings is 2. The summed E-state index contributed by atoms with van der Waals surface area (Å²) in [5.74, 6) is -0.837. The minimum absolute atomic E-state index is 0.0216. The van der Waals surface area contributed by atoms with Gasteiger partial charge < -0.3 is 20.1 Å². The van der Waals surface area contributed by atoms with E-state index in [9.17, 15) is 14.4 Å². The van der Waals surface area contributed by atoms with Crippen LogP contribution in [0.1, 0.15) is 48.5 Å². The van der Waals surface area contributed by atoms with E-state index in [0.717, 1.165) is 24.3 Å². The van der Waals surface area contributed by atoms with Gasteiger partial charge in [-0.2, -0.15) is 0 Å². The van der Waals surface area contributed by atoms with Gasteiger partial charge in [-0.25, -0.2) is 0 Å². The molecule has 0 bridgehead atoms. The van der Waals surface area contributed by atoms with Crippen molar-refractivity contribution >= 4 is 23.2 Å². The van der Waals surface area contributed by atoms with Gasteiger partial charge in [0.15, 0.2) is 0 Å². The van der Waals surface area contributed by atoms with Gasteiger partial charge in [0.1, 0.15) is 11.6 Å². The molecule has 4 rings (SSSR count). The Kier molecular flexibility index (Phi) is 7.98. The maximum atomic E-state index is 13.1. The maximum absolute atomic E-state index is 13.1. The van der Waals surface area contributed by atoms with Gasteiger partial charge in [-0.1, -0.05) is 49.7 Å². The van der Waals surface area contributed by atoms with E-state index in [4.69, 9.17) is 0 Å². The molecule has 0 radical (unpaired) electrons. The molecule has 1 unspecified atom stereocenters. The number of rotatable bonds is 9.